The van der Waals surface area contributed by atoms with Crippen molar-refractivity contribution in [2.45, 2.75) is 6.61 Å². The van der Waals surface area contributed by atoms with E-state index in [1.807, 2.05) is 29.6 Å². The van der Waals surface area contributed by atoms with E-state index in [0.29, 0.717) is 10.4 Å². The second-order valence-corrected chi connectivity index (χ2v) is 6.20. The molecule has 0 N–H and O–H groups in total. The number of furan rings is 1. The first kappa shape index (κ1) is 15.8. The highest BCUT2D eigenvalue weighted by Crippen LogP contribution is 2.27. The lowest BCUT2D eigenvalue weighted by Gasteiger charge is -2.01. The molecule has 0 aliphatic rings. The molecule has 0 saturated heterocycles. The lowest BCUT2D eigenvalue weighted by molar-refractivity contribution is 0.0430. The molecule has 2 heterocycles. The molecule has 118 valence electrons. The summed E-state index contributed by atoms with van der Waals surface area (Å²) in [6.45, 7) is 0.0949. The van der Waals surface area contributed by atoms with Gasteiger partial charge < -0.3 is 13.9 Å². The molecule has 0 fully saturated rings. The fraction of sp³-hybridized carbons (Fsp3) is 0.125. The van der Waals surface area contributed by atoms with Crippen LogP contribution in [-0.4, -0.2) is 18.1 Å². The summed E-state index contributed by atoms with van der Waals surface area (Å²) in [4.78, 5) is 16.3. The van der Waals surface area contributed by atoms with Gasteiger partial charge in [0.25, 0.3) is 0 Å². The Morgan fingerprint density at radius 2 is 2.22 bits per heavy atom. The molecule has 0 aliphatic carbocycles. The number of nitrogens with zero attached hydrogens (tertiary/aromatic N) is 1. The molecular formula is C16H12BrNO4S. The van der Waals surface area contributed by atoms with E-state index >= 15 is 0 Å². The Hall–Kier alpha value is -2.12. The van der Waals surface area contributed by atoms with Crippen LogP contribution in [0.1, 0.15) is 16.2 Å². The monoisotopic (exact) mass is 393 g/mol. The van der Waals surface area contributed by atoms with E-state index < -0.39 is 5.97 Å². The van der Waals surface area contributed by atoms with Crippen molar-refractivity contribution in [1.82, 2.24) is 4.98 Å². The molecule has 3 rings (SSSR count). The number of halogens is 1. The van der Waals surface area contributed by atoms with Gasteiger partial charge in [0.05, 0.1) is 12.8 Å². The minimum atomic E-state index is -0.522. The summed E-state index contributed by atoms with van der Waals surface area (Å²) < 4.78 is 16.0. The zero-order chi connectivity index (χ0) is 16.2. The normalized spacial score (nSPS) is 10.5. The molecule has 7 heteroatoms. The highest BCUT2D eigenvalue weighted by Gasteiger charge is 2.13. The van der Waals surface area contributed by atoms with Crippen LogP contribution in [0.3, 0.4) is 0 Å². The molecule has 0 unspecified atom stereocenters. The van der Waals surface area contributed by atoms with Gasteiger partial charge in [-0.2, -0.15) is 0 Å². The number of ether oxygens (including phenoxy) is 2. The van der Waals surface area contributed by atoms with Gasteiger partial charge in [0.15, 0.2) is 4.67 Å². The minimum absolute atomic E-state index is 0.0949. The Morgan fingerprint density at radius 3 is 2.96 bits per heavy atom. The average molecular weight is 394 g/mol. The van der Waals surface area contributed by atoms with E-state index in [1.54, 1.807) is 19.2 Å². The maximum atomic E-state index is 11.8. The van der Waals surface area contributed by atoms with E-state index in [2.05, 4.69) is 20.9 Å². The van der Waals surface area contributed by atoms with Crippen LogP contribution in [0.15, 0.2) is 50.9 Å². The maximum Gasteiger partial charge on any atom is 0.374 e. The largest absolute Gasteiger partial charge is 0.497 e. The van der Waals surface area contributed by atoms with Gasteiger partial charge in [0.1, 0.15) is 17.4 Å². The second kappa shape index (κ2) is 6.97. The Kier molecular flexibility index (Phi) is 4.78. The third-order valence-electron chi connectivity index (χ3n) is 2.99. The number of hydrogen-bond donors (Lipinski definition) is 0. The van der Waals surface area contributed by atoms with Crippen molar-refractivity contribution in [3.8, 4) is 16.3 Å². The summed E-state index contributed by atoms with van der Waals surface area (Å²) in [5.74, 6) is 0.404. The average Bonchev–Trinajstić information content (AvgIpc) is 3.22. The van der Waals surface area contributed by atoms with Gasteiger partial charge in [-0.15, -0.1) is 11.3 Å². The summed E-state index contributed by atoms with van der Waals surface area (Å²) in [7, 11) is 1.62. The third-order valence-corrected chi connectivity index (χ3v) is 4.36. The Balaban J connectivity index is 1.66. The second-order valence-electron chi connectivity index (χ2n) is 4.56. The Labute approximate surface area is 145 Å². The molecule has 0 spiro atoms. The van der Waals surface area contributed by atoms with Crippen molar-refractivity contribution in [1.29, 1.82) is 0 Å². The molecule has 23 heavy (non-hydrogen) atoms. The number of esters is 1. The zero-order valence-corrected chi connectivity index (χ0v) is 14.5. The van der Waals surface area contributed by atoms with Crippen LogP contribution in [0.4, 0.5) is 0 Å². The van der Waals surface area contributed by atoms with Crippen LogP contribution >= 0.6 is 27.3 Å². The number of aromatic nitrogens is 1. The van der Waals surface area contributed by atoms with Gasteiger partial charge in [-0.3, -0.25) is 0 Å². The van der Waals surface area contributed by atoms with Gasteiger partial charge in [0.2, 0.25) is 5.76 Å². The van der Waals surface area contributed by atoms with Crippen LogP contribution in [0.25, 0.3) is 10.6 Å². The van der Waals surface area contributed by atoms with Gasteiger partial charge in [-0.25, -0.2) is 9.78 Å². The van der Waals surface area contributed by atoms with E-state index in [1.165, 1.54) is 11.3 Å². The van der Waals surface area contributed by atoms with Crippen LogP contribution in [-0.2, 0) is 11.3 Å². The number of hydrogen-bond acceptors (Lipinski definition) is 6. The first-order valence-corrected chi connectivity index (χ1v) is 8.34. The summed E-state index contributed by atoms with van der Waals surface area (Å²) in [5.41, 5.74) is 1.65. The minimum Gasteiger partial charge on any atom is -0.497 e. The SMILES string of the molecule is COc1cccc(-c2nc(COC(=O)c3ccc(Br)o3)cs2)c1. The molecule has 0 saturated carbocycles. The van der Waals surface area contributed by atoms with Crippen molar-refractivity contribution in [2.24, 2.45) is 0 Å². The fourth-order valence-corrected chi connectivity index (χ4v) is 3.00. The molecule has 0 bridgehead atoms. The number of carbonyl (C=O) groups is 1. The van der Waals surface area contributed by atoms with Crippen molar-refractivity contribution in [3.05, 3.63) is 57.9 Å². The molecular weight excluding hydrogens is 382 g/mol. The van der Waals surface area contributed by atoms with Gasteiger partial charge in [-0.05, 0) is 40.2 Å². The topological polar surface area (TPSA) is 61.6 Å². The van der Waals surface area contributed by atoms with Gasteiger partial charge in [0, 0.05) is 10.9 Å². The smallest absolute Gasteiger partial charge is 0.374 e. The maximum absolute atomic E-state index is 11.8. The lowest BCUT2D eigenvalue weighted by atomic mass is 10.2. The Morgan fingerprint density at radius 1 is 1.35 bits per heavy atom. The molecule has 0 amide bonds. The predicted octanol–water partition coefficient (Wildman–Crippen LogP) is 4.53. The number of carbonyl (C=O) groups excluding carboxylic acids is 1. The van der Waals surface area contributed by atoms with Crippen LogP contribution in [0.2, 0.25) is 0 Å². The quantitative estimate of drug-likeness (QED) is 0.595. The molecule has 3 aromatic rings. The summed E-state index contributed by atoms with van der Waals surface area (Å²) in [5, 5.41) is 2.70. The summed E-state index contributed by atoms with van der Waals surface area (Å²) >= 11 is 4.63. The third kappa shape index (κ3) is 3.80. The zero-order valence-electron chi connectivity index (χ0n) is 12.1. The molecule has 5 nitrogen and oxygen atoms in total. The molecule has 0 aliphatic heterocycles. The van der Waals surface area contributed by atoms with E-state index in [0.717, 1.165) is 16.3 Å². The van der Waals surface area contributed by atoms with Crippen molar-refractivity contribution in [2.75, 3.05) is 7.11 Å². The number of thiazole rings is 1. The van der Waals surface area contributed by atoms with Crippen LogP contribution in [0.5, 0.6) is 5.75 Å². The number of benzene rings is 1. The van der Waals surface area contributed by atoms with E-state index in [-0.39, 0.29) is 12.4 Å². The number of methoxy groups -OCH3 is 1. The first-order valence-electron chi connectivity index (χ1n) is 6.67. The first-order chi connectivity index (χ1) is 11.2. The Bertz CT molecular complexity index is 827. The highest BCUT2D eigenvalue weighted by molar-refractivity contribution is 9.10. The lowest BCUT2D eigenvalue weighted by Crippen LogP contribution is -2.04. The molecule has 1 aromatic carbocycles. The van der Waals surface area contributed by atoms with Gasteiger partial charge in [-0.1, -0.05) is 12.1 Å². The molecule has 0 atom stereocenters. The van der Waals surface area contributed by atoms with E-state index in [4.69, 9.17) is 13.9 Å². The van der Waals surface area contributed by atoms with Crippen molar-refractivity contribution >= 4 is 33.2 Å². The number of rotatable bonds is 5. The molecule has 0 radical (unpaired) electrons. The van der Waals surface area contributed by atoms with Gasteiger partial charge >= 0.3 is 5.97 Å². The van der Waals surface area contributed by atoms with Crippen molar-refractivity contribution in [3.63, 3.8) is 0 Å². The fourth-order valence-electron chi connectivity index (χ4n) is 1.90. The molecule has 2 aromatic heterocycles. The summed E-state index contributed by atoms with van der Waals surface area (Å²) in [6.07, 6.45) is 0. The standard InChI is InChI=1S/C16H12BrNO4S/c1-20-12-4-2-3-10(7-12)15-18-11(9-23-15)8-21-16(19)13-5-6-14(17)22-13/h2-7,9H,8H2,1H3. The summed E-state index contributed by atoms with van der Waals surface area (Å²) in [6, 6.07) is 10.8. The van der Waals surface area contributed by atoms with Crippen LogP contribution < -0.4 is 4.74 Å². The van der Waals surface area contributed by atoms with Crippen molar-refractivity contribution < 1.29 is 18.7 Å². The van der Waals surface area contributed by atoms with E-state index in [9.17, 15) is 4.79 Å². The predicted molar refractivity (Wildman–Crippen MR) is 89.6 cm³/mol. The van der Waals surface area contributed by atoms with Crippen LogP contribution in [0, 0.1) is 0 Å². The highest BCUT2D eigenvalue weighted by atomic mass is 79.9.